The molecule has 3 saturated heterocycles. The van der Waals surface area contributed by atoms with Gasteiger partial charge in [0.05, 0.1) is 13.2 Å². The van der Waals surface area contributed by atoms with Crippen molar-refractivity contribution in [1.82, 2.24) is 14.9 Å². The Kier molecular flexibility index (Phi) is 5.73. The third-order valence-corrected chi connectivity index (χ3v) is 5.53. The van der Waals surface area contributed by atoms with Crippen molar-refractivity contribution in [1.29, 1.82) is 0 Å². The number of ether oxygens (including phenoxy) is 2. The third-order valence-electron chi connectivity index (χ3n) is 5.53. The molecule has 0 aromatic carbocycles. The van der Waals surface area contributed by atoms with Gasteiger partial charge >= 0.3 is 0 Å². The Morgan fingerprint density at radius 1 is 1.07 bits per heavy atom. The highest BCUT2D eigenvalue weighted by Gasteiger charge is 2.30. The molecule has 4 rings (SSSR count). The Hall–Kier alpha value is -1.93. The average Bonchev–Trinajstić information content (AvgIpc) is 3.28. The zero-order valence-corrected chi connectivity index (χ0v) is 16.1. The summed E-state index contributed by atoms with van der Waals surface area (Å²) in [5.74, 6) is 1.91. The summed E-state index contributed by atoms with van der Waals surface area (Å²) in [7, 11) is 0. The first-order valence-corrected chi connectivity index (χ1v) is 10.1. The molecule has 1 aromatic rings. The SMILES string of the molecule is CCc1cc(N2CCN(C(=O)C3CCCO3)CC2)nc(N2CCOCC2)n1. The second-order valence-electron chi connectivity index (χ2n) is 7.28. The summed E-state index contributed by atoms with van der Waals surface area (Å²) in [6.07, 6.45) is 2.50. The Morgan fingerprint density at radius 2 is 1.85 bits per heavy atom. The van der Waals surface area contributed by atoms with Crippen molar-refractivity contribution in [3.63, 3.8) is 0 Å². The molecular formula is C19H29N5O3. The Labute approximate surface area is 160 Å². The number of carbonyl (C=O) groups is 1. The van der Waals surface area contributed by atoms with Gasteiger partial charge in [0.2, 0.25) is 5.95 Å². The van der Waals surface area contributed by atoms with Gasteiger partial charge in [-0.05, 0) is 19.3 Å². The maximum Gasteiger partial charge on any atom is 0.251 e. The van der Waals surface area contributed by atoms with Gasteiger partial charge in [-0.25, -0.2) is 4.98 Å². The highest BCUT2D eigenvalue weighted by Crippen LogP contribution is 2.22. The van der Waals surface area contributed by atoms with E-state index in [1.54, 1.807) is 0 Å². The molecule has 148 valence electrons. The number of piperazine rings is 1. The van der Waals surface area contributed by atoms with Crippen LogP contribution in [0.4, 0.5) is 11.8 Å². The molecule has 0 saturated carbocycles. The van der Waals surface area contributed by atoms with Crippen LogP contribution in [-0.2, 0) is 20.7 Å². The minimum Gasteiger partial charge on any atom is -0.378 e. The van der Waals surface area contributed by atoms with Crippen molar-refractivity contribution in [2.24, 2.45) is 0 Å². The number of anilines is 2. The van der Waals surface area contributed by atoms with Crippen molar-refractivity contribution in [3.05, 3.63) is 11.8 Å². The summed E-state index contributed by atoms with van der Waals surface area (Å²) in [5.41, 5.74) is 1.05. The molecule has 1 atom stereocenters. The Balaban J connectivity index is 1.43. The summed E-state index contributed by atoms with van der Waals surface area (Å²) < 4.78 is 11.0. The summed E-state index contributed by atoms with van der Waals surface area (Å²) >= 11 is 0. The van der Waals surface area contributed by atoms with Crippen LogP contribution in [0.25, 0.3) is 0 Å². The van der Waals surface area contributed by atoms with E-state index in [2.05, 4.69) is 22.8 Å². The molecule has 0 aliphatic carbocycles. The minimum absolute atomic E-state index is 0.151. The average molecular weight is 375 g/mol. The van der Waals surface area contributed by atoms with Crippen molar-refractivity contribution < 1.29 is 14.3 Å². The second kappa shape index (κ2) is 8.39. The van der Waals surface area contributed by atoms with Gasteiger partial charge in [0, 0.05) is 57.6 Å². The first kappa shape index (κ1) is 18.4. The Bertz CT molecular complexity index is 651. The van der Waals surface area contributed by atoms with E-state index >= 15 is 0 Å². The third kappa shape index (κ3) is 4.16. The molecule has 8 nitrogen and oxygen atoms in total. The molecule has 3 fully saturated rings. The summed E-state index contributed by atoms with van der Waals surface area (Å²) in [6, 6.07) is 2.08. The molecule has 3 aliphatic heterocycles. The van der Waals surface area contributed by atoms with Crippen molar-refractivity contribution in [3.8, 4) is 0 Å². The zero-order valence-electron chi connectivity index (χ0n) is 16.1. The van der Waals surface area contributed by atoms with E-state index in [0.717, 1.165) is 89.2 Å². The number of hydrogen-bond acceptors (Lipinski definition) is 7. The molecule has 1 amide bonds. The molecule has 0 radical (unpaired) electrons. The number of aromatic nitrogens is 2. The van der Waals surface area contributed by atoms with E-state index in [-0.39, 0.29) is 12.0 Å². The van der Waals surface area contributed by atoms with Gasteiger partial charge in [-0.1, -0.05) is 6.92 Å². The van der Waals surface area contributed by atoms with Crippen LogP contribution < -0.4 is 9.80 Å². The van der Waals surface area contributed by atoms with Crippen molar-refractivity contribution >= 4 is 17.7 Å². The fraction of sp³-hybridized carbons (Fsp3) is 0.737. The number of morpholine rings is 1. The fourth-order valence-electron chi connectivity index (χ4n) is 3.85. The van der Waals surface area contributed by atoms with E-state index in [4.69, 9.17) is 19.4 Å². The van der Waals surface area contributed by atoms with Gasteiger partial charge in [0.25, 0.3) is 5.91 Å². The normalized spacial score (nSPS) is 23.7. The number of nitrogens with zero attached hydrogens (tertiary/aromatic N) is 5. The summed E-state index contributed by atoms with van der Waals surface area (Å²) in [6.45, 7) is 8.95. The molecule has 0 bridgehead atoms. The number of carbonyl (C=O) groups excluding carboxylic acids is 1. The summed E-state index contributed by atoms with van der Waals surface area (Å²) in [4.78, 5) is 28.5. The van der Waals surface area contributed by atoms with E-state index in [1.807, 2.05) is 4.90 Å². The zero-order chi connectivity index (χ0) is 18.6. The first-order chi connectivity index (χ1) is 13.2. The molecule has 8 heteroatoms. The van der Waals surface area contributed by atoms with Crippen molar-refractivity contribution in [2.75, 3.05) is 68.9 Å². The Morgan fingerprint density at radius 3 is 2.52 bits per heavy atom. The predicted octanol–water partition coefficient (Wildman–Crippen LogP) is 0.703. The van der Waals surface area contributed by atoms with Crippen LogP contribution >= 0.6 is 0 Å². The van der Waals surface area contributed by atoms with Gasteiger partial charge in [-0.3, -0.25) is 4.79 Å². The standard InChI is InChI=1S/C19H29N5O3/c1-2-15-14-17(21-19(20-15)24-9-12-26-13-10-24)22-5-7-23(8-6-22)18(25)16-4-3-11-27-16/h14,16H,2-13H2,1H3. The molecule has 3 aliphatic rings. The monoisotopic (exact) mass is 375 g/mol. The van der Waals surface area contributed by atoms with Crippen LogP contribution in [0.5, 0.6) is 0 Å². The van der Waals surface area contributed by atoms with E-state index < -0.39 is 0 Å². The lowest BCUT2D eigenvalue weighted by Crippen LogP contribution is -2.51. The lowest BCUT2D eigenvalue weighted by atomic mass is 10.2. The van der Waals surface area contributed by atoms with Gasteiger partial charge in [0.1, 0.15) is 11.9 Å². The first-order valence-electron chi connectivity index (χ1n) is 10.1. The van der Waals surface area contributed by atoms with Gasteiger partial charge in [-0.15, -0.1) is 0 Å². The molecular weight excluding hydrogens is 346 g/mol. The maximum atomic E-state index is 12.5. The molecule has 27 heavy (non-hydrogen) atoms. The number of hydrogen-bond donors (Lipinski definition) is 0. The number of rotatable bonds is 4. The van der Waals surface area contributed by atoms with Crippen LogP contribution in [-0.4, -0.2) is 86.0 Å². The molecule has 0 spiro atoms. The van der Waals surface area contributed by atoms with E-state index in [9.17, 15) is 4.79 Å². The molecule has 1 aromatic heterocycles. The van der Waals surface area contributed by atoms with Gasteiger partial charge in [-0.2, -0.15) is 4.98 Å². The maximum absolute atomic E-state index is 12.5. The lowest BCUT2D eigenvalue weighted by molar-refractivity contribution is -0.141. The number of aryl methyl sites for hydroxylation is 1. The fourth-order valence-corrected chi connectivity index (χ4v) is 3.85. The second-order valence-corrected chi connectivity index (χ2v) is 7.28. The highest BCUT2D eigenvalue weighted by atomic mass is 16.5. The molecule has 0 N–H and O–H groups in total. The predicted molar refractivity (Wildman–Crippen MR) is 102 cm³/mol. The van der Waals surface area contributed by atoms with Crippen molar-refractivity contribution in [2.45, 2.75) is 32.3 Å². The summed E-state index contributed by atoms with van der Waals surface area (Å²) in [5, 5.41) is 0. The quantitative estimate of drug-likeness (QED) is 0.767. The van der Waals surface area contributed by atoms with Crippen LogP contribution in [0.2, 0.25) is 0 Å². The lowest BCUT2D eigenvalue weighted by Gasteiger charge is -2.37. The van der Waals surface area contributed by atoms with E-state index in [0.29, 0.717) is 6.61 Å². The highest BCUT2D eigenvalue weighted by molar-refractivity contribution is 5.81. The molecule has 4 heterocycles. The largest absolute Gasteiger partial charge is 0.378 e. The van der Waals surface area contributed by atoms with Crippen LogP contribution in [0.15, 0.2) is 6.07 Å². The van der Waals surface area contributed by atoms with Crippen LogP contribution in [0.1, 0.15) is 25.5 Å². The minimum atomic E-state index is -0.227. The van der Waals surface area contributed by atoms with E-state index in [1.165, 1.54) is 0 Å². The number of amides is 1. The topological polar surface area (TPSA) is 71.0 Å². The van der Waals surface area contributed by atoms with Crippen LogP contribution in [0, 0.1) is 0 Å². The smallest absolute Gasteiger partial charge is 0.251 e. The van der Waals surface area contributed by atoms with Gasteiger partial charge < -0.3 is 24.2 Å². The van der Waals surface area contributed by atoms with Crippen LogP contribution in [0.3, 0.4) is 0 Å². The van der Waals surface area contributed by atoms with Gasteiger partial charge in [0.15, 0.2) is 0 Å². The molecule has 1 unspecified atom stereocenters.